The van der Waals surface area contributed by atoms with Gasteiger partial charge in [0, 0.05) is 18.2 Å². The predicted molar refractivity (Wildman–Crippen MR) is 103 cm³/mol. The van der Waals surface area contributed by atoms with Gasteiger partial charge < -0.3 is 4.74 Å². The van der Waals surface area contributed by atoms with E-state index in [0.29, 0.717) is 11.6 Å². The molecule has 9 nitrogen and oxygen atoms in total. The van der Waals surface area contributed by atoms with E-state index in [1.54, 1.807) is 0 Å². The van der Waals surface area contributed by atoms with E-state index in [9.17, 15) is 20.2 Å². The van der Waals surface area contributed by atoms with Crippen LogP contribution in [0.2, 0.25) is 5.15 Å². The molecular formula is C18H15ClN4O5. The minimum atomic E-state index is -0.524. The van der Waals surface area contributed by atoms with Crippen LogP contribution in [-0.4, -0.2) is 19.8 Å². The molecule has 1 aromatic carbocycles. The highest BCUT2D eigenvalue weighted by molar-refractivity contribution is 6.29. The molecule has 0 saturated carbocycles. The van der Waals surface area contributed by atoms with E-state index < -0.39 is 9.85 Å². The third kappa shape index (κ3) is 6.29. The minimum Gasteiger partial charge on any atom is -0.439 e. The third-order valence-electron chi connectivity index (χ3n) is 3.27. The van der Waals surface area contributed by atoms with Gasteiger partial charge in [0.15, 0.2) is 0 Å². The summed E-state index contributed by atoms with van der Waals surface area (Å²) < 4.78 is 5.54. The average molecular weight is 403 g/mol. The second kappa shape index (κ2) is 9.38. The Balaban J connectivity index is 0.000000237. The second-order valence-electron chi connectivity index (χ2n) is 5.63. The van der Waals surface area contributed by atoms with Gasteiger partial charge in [0.2, 0.25) is 5.88 Å². The highest BCUT2D eigenvalue weighted by atomic mass is 35.5. The molecular weight excluding hydrogens is 388 g/mol. The molecule has 0 saturated heterocycles. The van der Waals surface area contributed by atoms with Crippen LogP contribution >= 0.6 is 11.6 Å². The molecule has 0 spiro atoms. The molecule has 0 radical (unpaired) electrons. The summed E-state index contributed by atoms with van der Waals surface area (Å²) in [5.41, 5.74) is 2.07. The van der Waals surface area contributed by atoms with Crippen LogP contribution in [0.3, 0.4) is 0 Å². The standard InChI is InChI=1S/C13H12N2O3.C5H3ClN2O2/c1-9-5-10(2)7-12(6-9)18-13-4-3-11(8-14-13)15(16)17;6-5-2-1-4(3-7-5)8(9)10/h3-8H,1-2H3;1-3H. The maximum atomic E-state index is 10.5. The number of rotatable bonds is 4. The number of benzene rings is 1. The summed E-state index contributed by atoms with van der Waals surface area (Å²) >= 11 is 5.38. The van der Waals surface area contributed by atoms with Gasteiger partial charge in [0.05, 0.1) is 9.85 Å². The normalized spacial score (nSPS) is 9.82. The summed E-state index contributed by atoms with van der Waals surface area (Å²) in [6, 6.07) is 11.3. The van der Waals surface area contributed by atoms with E-state index in [4.69, 9.17) is 16.3 Å². The van der Waals surface area contributed by atoms with Crippen LogP contribution in [0.25, 0.3) is 0 Å². The minimum absolute atomic E-state index is 0.0515. The van der Waals surface area contributed by atoms with Crippen LogP contribution in [0.1, 0.15) is 11.1 Å². The van der Waals surface area contributed by atoms with Gasteiger partial charge in [-0.2, -0.15) is 0 Å². The van der Waals surface area contributed by atoms with Crippen molar-refractivity contribution in [3.8, 4) is 11.6 Å². The molecule has 28 heavy (non-hydrogen) atoms. The van der Waals surface area contributed by atoms with Crippen LogP contribution in [0.5, 0.6) is 11.6 Å². The number of halogens is 1. The Morgan fingerprint density at radius 1 is 0.857 bits per heavy atom. The SMILES string of the molecule is Cc1cc(C)cc(Oc2ccc([N+](=O)[O-])cn2)c1.O=[N+]([O-])c1ccc(Cl)nc1. The average Bonchev–Trinajstić information content (AvgIpc) is 2.62. The van der Waals surface area contributed by atoms with E-state index in [0.717, 1.165) is 17.3 Å². The molecule has 10 heteroatoms. The fraction of sp³-hybridized carbons (Fsp3) is 0.111. The van der Waals surface area contributed by atoms with Gasteiger partial charge in [-0.1, -0.05) is 17.7 Å². The van der Waals surface area contributed by atoms with Gasteiger partial charge in [-0.15, -0.1) is 0 Å². The summed E-state index contributed by atoms with van der Waals surface area (Å²) in [6.07, 6.45) is 2.29. The molecule has 0 atom stereocenters. The van der Waals surface area contributed by atoms with Crippen molar-refractivity contribution < 1.29 is 14.6 Å². The topological polar surface area (TPSA) is 121 Å². The fourth-order valence-electron chi connectivity index (χ4n) is 2.13. The maximum absolute atomic E-state index is 10.5. The third-order valence-corrected chi connectivity index (χ3v) is 3.50. The molecule has 144 valence electrons. The van der Waals surface area contributed by atoms with Crippen molar-refractivity contribution in [3.05, 3.63) is 91.4 Å². The zero-order chi connectivity index (χ0) is 20.7. The van der Waals surface area contributed by atoms with Gasteiger partial charge in [-0.3, -0.25) is 20.2 Å². The molecule has 2 heterocycles. The lowest BCUT2D eigenvalue weighted by molar-refractivity contribution is -0.385. The Morgan fingerprint density at radius 3 is 1.82 bits per heavy atom. The lowest BCUT2D eigenvalue weighted by Gasteiger charge is -2.06. The molecule has 0 aliphatic carbocycles. The van der Waals surface area contributed by atoms with Crippen LogP contribution in [0.4, 0.5) is 11.4 Å². The predicted octanol–water partition coefficient (Wildman–Crippen LogP) is 5.04. The summed E-state index contributed by atoms with van der Waals surface area (Å²) in [5.74, 6) is 1.01. The Morgan fingerprint density at radius 2 is 1.39 bits per heavy atom. The molecule has 0 aliphatic heterocycles. The van der Waals surface area contributed by atoms with Crippen LogP contribution < -0.4 is 4.74 Å². The quantitative estimate of drug-likeness (QED) is 0.340. The largest absolute Gasteiger partial charge is 0.439 e. The number of ether oxygens (including phenoxy) is 1. The fourth-order valence-corrected chi connectivity index (χ4v) is 2.24. The summed E-state index contributed by atoms with van der Waals surface area (Å²) in [6.45, 7) is 3.95. The van der Waals surface area contributed by atoms with Crippen LogP contribution in [-0.2, 0) is 0 Å². The van der Waals surface area contributed by atoms with Crippen molar-refractivity contribution in [2.24, 2.45) is 0 Å². The van der Waals surface area contributed by atoms with Crippen molar-refractivity contribution in [3.63, 3.8) is 0 Å². The molecule has 2 aromatic heterocycles. The Bertz CT molecular complexity index is 958. The smallest absolute Gasteiger partial charge is 0.287 e. The number of nitrogens with zero attached hydrogens (tertiary/aromatic N) is 4. The highest BCUT2D eigenvalue weighted by Crippen LogP contribution is 2.23. The monoisotopic (exact) mass is 402 g/mol. The highest BCUT2D eigenvalue weighted by Gasteiger charge is 2.07. The van der Waals surface area contributed by atoms with E-state index in [-0.39, 0.29) is 16.5 Å². The maximum Gasteiger partial charge on any atom is 0.287 e. The van der Waals surface area contributed by atoms with Crippen molar-refractivity contribution in [1.29, 1.82) is 0 Å². The molecule has 0 fully saturated rings. The molecule has 0 N–H and O–H groups in total. The van der Waals surface area contributed by atoms with Gasteiger partial charge in [-0.05, 0) is 43.2 Å². The number of nitro groups is 2. The van der Waals surface area contributed by atoms with Crippen LogP contribution in [0.15, 0.2) is 54.9 Å². The van der Waals surface area contributed by atoms with Crippen LogP contribution in [0, 0.1) is 34.1 Å². The van der Waals surface area contributed by atoms with Gasteiger partial charge in [0.1, 0.15) is 23.3 Å². The molecule has 0 aliphatic rings. The van der Waals surface area contributed by atoms with E-state index >= 15 is 0 Å². The van der Waals surface area contributed by atoms with Gasteiger partial charge >= 0.3 is 0 Å². The Labute approximate surface area is 164 Å². The molecule has 3 aromatic rings. The van der Waals surface area contributed by atoms with Gasteiger partial charge in [0.25, 0.3) is 11.4 Å². The van der Waals surface area contributed by atoms with E-state index in [2.05, 4.69) is 9.97 Å². The molecule has 0 bridgehead atoms. The first-order valence-corrected chi connectivity index (χ1v) is 8.25. The second-order valence-corrected chi connectivity index (χ2v) is 6.02. The van der Waals surface area contributed by atoms with Crippen molar-refractivity contribution >= 4 is 23.0 Å². The lowest BCUT2D eigenvalue weighted by atomic mass is 10.1. The number of aromatic nitrogens is 2. The number of aryl methyl sites for hydroxylation is 2. The Hall–Kier alpha value is -3.59. The zero-order valence-electron chi connectivity index (χ0n) is 14.9. The van der Waals surface area contributed by atoms with Gasteiger partial charge in [-0.25, -0.2) is 9.97 Å². The first kappa shape index (κ1) is 20.7. The number of hydrogen-bond acceptors (Lipinski definition) is 7. The summed E-state index contributed by atoms with van der Waals surface area (Å²) in [5, 5.41) is 20.8. The zero-order valence-corrected chi connectivity index (χ0v) is 15.7. The van der Waals surface area contributed by atoms with E-state index in [1.807, 2.05) is 32.0 Å². The molecule has 0 unspecified atom stereocenters. The van der Waals surface area contributed by atoms with E-state index in [1.165, 1.54) is 30.5 Å². The number of hydrogen-bond donors (Lipinski definition) is 0. The Kier molecular flexibility index (Phi) is 6.94. The van der Waals surface area contributed by atoms with Crippen molar-refractivity contribution in [2.45, 2.75) is 13.8 Å². The lowest BCUT2D eigenvalue weighted by Crippen LogP contribution is -1.92. The summed E-state index contributed by atoms with van der Waals surface area (Å²) in [7, 11) is 0. The van der Waals surface area contributed by atoms with Crippen molar-refractivity contribution in [2.75, 3.05) is 0 Å². The first-order chi connectivity index (χ1) is 13.2. The van der Waals surface area contributed by atoms with Crippen molar-refractivity contribution in [1.82, 2.24) is 9.97 Å². The molecule has 3 rings (SSSR count). The first-order valence-electron chi connectivity index (χ1n) is 7.87. The summed E-state index contributed by atoms with van der Waals surface area (Å²) in [4.78, 5) is 26.9. The number of pyridine rings is 2. The molecule has 0 amide bonds.